The number of hydrogen-bond donors (Lipinski definition) is 0. The number of nitrogens with zero attached hydrogens (tertiary/aromatic N) is 2. The van der Waals surface area contributed by atoms with Gasteiger partial charge in [0.15, 0.2) is 5.75 Å². The van der Waals surface area contributed by atoms with Gasteiger partial charge in [0.05, 0.1) is 31.7 Å². The number of ether oxygens (including phenoxy) is 2. The van der Waals surface area contributed by atoms with Gasteiger partial charge in [-0.2, -0.15) is 5.26 Å². The third-order valence-electron chi connectivity index (χ3n) is 2.70. The van der Waals surface area contributed by atoms with E-state index in [1.54, 1.807) is 12.1 Å². The molecule has 1 aromatic carbocycles. The number of rotatable bonds is 3. The zero-order valence-corrected chi connectivity index (χ0v) is 11.8. The SMILES string of the molecule is COc1cc(Cl)c(OC)c2nc(Cl)c(CC#N)cc12. The molecule has 2 rings (SSSR count). The van der Waals surface area contributed by atoms with Gasteiger partial charge in [-0.3, -0.25) is 0 Å². The van der Waals surface area contributed by atoms with Gasteiger partial charge in [0.1, 0.15) is 16.4 Å². The molecular formula is C13H10Cl2N2O2. The van der Waals surface area contributed by atoms with Crippen LogP contribution < -0.4 is 9.47 Å². The normalized spacial score (nSPS) is 10.3. The molecule has 0 atom stereocenters. The second kappa shape index (κ2) is 5.52. The molecule has 0 saturated heterocycles. The van der Waals surface area contributed by atoms with Crippen molar-refractivity contribution in [1.82, 2.24) is 4.98 Å². The Balaban J connectivity index is 2.84. The lowest BCUT2D eigenvalue weighted by atomic mass is 10.1. The van der Waals surface area contributed by atoms with Crippen LogP contribution in [0.5, 0.6) is 11.5 Å². The number of nitriles is 1. The monoisotopic (exact) mass is 296 g/mol. The second-order valence-corrected chi connectivity index (χ2v) is 4.53. The molecule has 0 aliphatic carbocycles. The fourth-order valence-electron chi connectivity index (χ4n) is 1.84. The summed E-state index contributed by atoms with van der Waals surface area (Å²) in [6.45, 7) is 0. The lowest BCUT2D eigenvalue weighted by Crippen LogP contribution is -1.96. The highest BCUT2D eigenvalue weighted by molar-refractivity contribution is 6.34. The number of pyridine rings is 1. The maximum atomic E-state index is 8.77. The number of fused-ring (bicyclic) bond motifs is 1. The molecule has 0 amide bonds. The summed E-state index contributed by atoms with van der Waals surface area (Å²) in [6.07, 6.45) is 0.176. The number of halogens is 2. The van der Waals surface area contributed by atoms with Crippen molar-refractivity contribution in [3.8, 4) is 17.6 Å². The standard InChI is InChI=1S/C13H10Cl2N2O2/c1-18-10-6-9(14)12(19-2)11-8(10)5-7(3-4-16)13(15)17-11/h5-6H,3H2,1-2H3. The van der Waals surface area contributed by atoms with Crippen LogP contribution in [0.3, 0.4) is 0 Å². The predicted octanol–water partition coefficient (Wildman–Crippen LogP) is 3.62. The van der Waals surface area contributed by atoms with E-state index in [1.807, 2.05) is 6.07 Å². The molecule has 0 aliphatic rings. The molecule has 98 valence electrons. The topological polar surface area (TPSA) is 55.1 Å². The molecule has 0 spiro atoms. The Morgan fingerprint density at radius 1 is 1.26 bits per heavy atom. The summed E-state index contributed by atoms with van der Waals surface area (Å²) in [7, 11) is 3.04. The lowest BCUT2D eigenvalue weighted by molar-refractivity contribution is 0.410. The summed E-state index contributed by atoms with van der Waals surface area (Å²) in [6, 6.07) is 5.46. The van der Waals surface area contributed by atoms with E-state index in [0.29, 0.717) is 33.0 Å². The average Bonchev–Trinajstić information content (AvgIpc) is 2.39. The number of aromatic nitrogens is 1. The molecular weight excluding hydrogens is 287 g/mol. The lowest BCUT2D eigenvalue weighted by Gasteiger charge is -2.12. The third-order valence-corrected chi connectivity index (χ3v) is 3.31. The van der Waals surface area contributed by atoms with Crippen LogP contribution in [0.4, 0.5) is 0 Å². The van der Waals surface area contributed by atoms with Crippen LogP contribution in [0.25, 0.3) is 10.9 Å². The summed E-state index contributed by atoms with van der Waals surface area (Å²) < 4.78 is 10.5. The first kappa shape index (κ1) is 13.7. The molecule has 0 radical (unpaired) electrons. The van der Waals surface area contributed by atoms with Crippen molar-refractivity contribution >= 4 is 34.1 Å². The molecule has 19 heavy (non-hydrogen) atoms. The molecule has 6 heteroatoms. The average molecular weight is 297 g/mol. The summed E-state index contributed by atoms with van der Waals surface area (Å²) in [5.41, 5.74) is 1.15. The van der Waals surface area contributed by atoms with E-state index in [2.05, 4.69) is 4.98 Å². The maximum Gasteiger partial charge on any atom is 0.163 e. The molecule has 1 heterocycles. The summed E-state index contributed by atoms with van der Waals surface area (Å²) in [5, 5.41) is 10.1. The number of benzene rings is 1. The van der Waals surface area contributed by atoms with Gasteiger partial charge in [0, 0.05) is 17.0 Å². The zero-order valence-electron chi connectivity index (χ0n) is 10.3. The molecule has 0 N–H and O–H groups in total. The molecule has 0 unspecified atom stereocenters. The first-order valence-corrected chi connectivity index (χ1v) is 6.14. The van der Waals surface area contributed by atoms with Gasteiger partial charge in [0.25, 0.3) is 0 Å². The van der Waals surface area contributed by atoms with Crippen LogP contribution >= 0.6 is 23.2 Å². The minimum atomic E-state index is 0.176. The molecule has 0 aliphatic heterocycles. The summed E-state index contributed by atoms with van der Waals surface area (Å²) >= 11 is 12.2. The van der Waals surface area contributed by atoms with Crippen molar-refractivity contribution in [3.63, 3.8) is 0 Å². The van der Waals surface area contributed by atoms with Gasteiger partial charge in [-0.25, -0.2) is 4.98 Å². The minimum Gasteiger partial charge on any atom is -0.496 e. The molecule has 0 bridgehead atoms. The van der Waals surface area contributed by atoms with Crippen LogP contribution in [0.2, 0.25) is 10.2 Å². The van der Waals surface area contributed by atoms with Gasteiger partial charge in [-0.05, 0) is 6.07 Å². The van der Waals surface area contributed by atoms with Crippen molar-refractivity contribution in [2.24, 2.45) is 0 Å². The minimum absolute atomic E-state index is 0.176. The van der Waals surface area contributed by atoms with E-state index in [4.69, 9.17) is 37.9 Å². The fourth-order valence-corrected chi connectivity index (χ4v) is 2.31. The molecule has 1 aromatic heterocycles. The van der Waals surface area contributed by atoms with Crippen molar-refractivity contribution in [1.29, 1.82) is 5.26 Å². The van der Waals surface area contributed by atoms with Crippen LogP contribution in [-0.2, 0) is 6.42 Å². The van der Waals surface area contributed by atoms with E-state index < -0.39 is 0 Å². The maximum absolute atomic E-state index is 8.77. The van der Waals surface area contributed by atoms with E-state index >= 15 is 0 Å². The summed E-state index contributed by atoms with van der Waals surface area (Å²) in [5.74, 6) is 0.993. The zero-order chi connectivity index (χ0) is 14.0. The highest BCUT2D eigenvalue weighted by Crippen LogP contribution is 2.39. The van der Waals surface area contributed by atoms with Gasteiger partial charge >= 0.3 is 0 Å². The number of hydrogen-bond acceptors (Lipinski definition) is 4. The highest BCUT2D eigenvalue weighted by Gasteiger charge is 2.16. The van der Waals surface area contributed by atoms with E-state index in [-0.39, 0.29) is 11.6 Å². The predicted molar refractivity (Wildman–Crippen MR) is 74.2 cm³/mol. The Labute approximate surface area is 120 Å². The highest BCUT2D eigenvalue weighted by atomic mass is 35.5. The van der Waals surface area contributed by atoms with Crippen molar-refractivity contribution in [2.45, 2.75) is 6.42 Å². The van der Waals surface area contributed by atoms with Crippen LogP contribution in [0.15, 0.2) is 12.1 Å². The Morgan fingerprint density at radius 2 is 2.00 bits per heavy atom. The van der Waals surface area contributed by atoms with E-state index in [0.717, 1.165) is 0 Å². The third kappa shape index (κ3) is 2.40. The first-order valence-electron chi connectivity index (χ1n) is 5.39. The molecule has 2 aromatic rings. The van der Waals surface area contributed by atoms with Crippen LogP contribution in [0.1, 0.15) is 5.56 Å². The van der Waals surface area contributed by atoms with Crippen LogP contribution in [0, 0.1) is 11.3 Å². The quantitative estimate of drug-likeness (QED) is 0.812. The van der Waals surface area contributed by atoms with Crippen molar-refractivity contribution in [2.75, 3.05) is 14.2 Å². The van der Waals surface area contributed by atoms with Gasteiger partial charge < -0.3 is 9.47 Å². The Kier molecular flexibility index (Phi) is 3.98. The molecule has 0 saturated carbocycles. The van der Waals surface area contributed by atoms with Crippen LogP contribution in [-0.4, -0.2) is 19.2 Å². The Bertz CT molecular complexity index is 681. The van der Waals surface area contributed by atoms with E-state index in [1.165, 1.54) is 14.2 Å². The largest absolute Gasteiger partial charge is 0.496 e. The van der Waals surface area contributed by atoms with Crippen molar-refractivity contribution < 1.29 is 9.47 Å². The van der Waals surface area contributed by atoms with Gasteiger partial charge in [-0.1, -0.05) is 23.2 Å². The Hall–Kier alpha value is -1.70. The summed E-state index contributed by atoms with van der Waals surface area (Å²) in [4.78, 5) is 4.26. The second-order valence-electron chi connectivity index (χ2n) is 3.76. The van der Waals surface area contributed by atoms with Gasteiger partial charge in [0.2, 0.25) is 0 Å². The number of methoxy groups -OCH3 is 2. The first-order chi connectivity index (χ1) is 9.12. The fraction of sp³-hybridized carbons (Fsp3) is 0.231. The Morgan fingerprint density at radius 3 is 2.58 bits per heavy atom. The van der Waals surface area contributed by atoms with Crippen molar-refractivity contribution in [3.05, 3.63) is 27.9 Å². The molecule has 4 nitrogen and oxygen atoms in total. The van der Waals surface area contributed by atoms with E-state index in [9.17, 15) is 0 Å². The van der Waals surface area contributed by atoms with Gasteiger partial charge in [-0.15, -0.1) is 0 Å². The smallest absolute Gasteiger partial charge is 0.163 e. The molecule has 0 fully saturated rings.